The van der Waals surface area contributed by atoms with Crippen LogP contribution in [0, 0.1) is 12.8 Å². The summed E-state index contributed by atoms with van der Waals surface area (Å²) in [6, 6.07) is 24.4. The molecule has 0 aromatic heterocycles. The van der Waals surface area contributed by atoms with Crippen LogP contribution < -0.4 is 16.4 Å². The molecule has 98 heavy (non-hydrogen) atoms. The Morgan fingerprint density at radius 3 is 1.34 bits per heavy atom. The van der Waals surface area contributed by atoms with Crippen molar-refractivity contribution in [1.29, 1.82) is 0 Å². The Morgan fingerprint density at radius 2 is 0.918 bits per heavy atom. The van der Waals surface area contributed by atoms with E-state index in [9.17, 15) is 38.4 Å². The summed E-state index contributed by atoms with van der Waals surface area (Å²) < 4.78 is 19.0. The summed E-state index contributed by atoms with van der Waals surface area (Å²) in [7, 11) is 11.1. The van der Waals surface area contributed by atoms with Gasteiger partial charge in [0, 0.05) is 94.0 Å². The maximum absolute atomic E-state index is 12.9. The molecule has 4 aromatic carbocycles. The third-order valence-corrected chi connectivity index (χ3v) is 21.1. The number of imide groups is 2. The van der Waals surface area contributed by atoms with Crippen molar-refractivity contribution in [2.75, 3.05) is 52.4 Å². The Hall–Kier alpha value is -5.24. The zero-order valence-corrected chi connectivity index (χ0v) is 66.0. The Kier molecular flexibility index (Phi) is 36.7. The number of amides is 5. The number of aryl methyl sites for hydroxylation is 2. The topological polar surface area (TPSA) is 221 Å². The van der Waals surface area contributed by atoms with Crippen molar-refractivity contribution in [3.63, 3.8) is 0 Å². The number of carbonyl (C=O) groups excluding carboxylic acids is 8. The Labute approximate surface area is 596 Å². The lowest BCUT2D eigenvalue weighted by molar-refractivity contribution is -0.142. The molecule has 542 valence electrons. The summed E-state index contributed by atoms with van der Waals surface area (Å²) >= 11 is 0. The van der Waals surface area contributed by atoms with Gasteiger partial charge in [-0.1, -0.05) is 167 Å². The van der Waals surface area contributed by atoms with E-state index >= 15 is 0 Å². The van der Waals surface area contributed by atoms with Crippen molar-refractivity contribution in [2.24, 2.45) is 11.7 Å². The first-order valence-electron chi connectivity index (χ1n) is 35.9. The van der Waals surface area contributed by atoms with E-state index in [0.29, 0.717) is 62.3 Å². The number of benzene rings is 4. The van der Waals surface area contributed by atoms with E-state index in [4.69, 9.17) is 15.2 Å². The van der Waals surface area contributed by atoms with Gasteiger partial charge >= 0.3 is 11.9 Å². The van der Waals surface area contributed by atoms with Crippen molar-refractivity contribution in [2.45, 2.75) is 229 Å². The lowest BCUT2D eigenvalue weighted by Gasteiger charge is -2.39. The number of cyclic esters (lactones) is 2. The summed E-state index contributed by atoms with van der Waals surface area (Å²) in [6.07, 6.45) is 12.2. The minimum absolute atomic E-state index is 0.113. The van der Waals surface area contributed by atoms with Gasteiger partial charge < -0.3 is 20.1 Å². The first-order chi connectivity index (χ1) is 46.8. The van der Waals surface area contributed by atoms with Gasteiger partial charge in [-0.25, -0.2) is 9.59 Å². The molecule has 0 aliphatic carbocycles. The summed E-state index contributed by atoms with van der Waals surface area (Å²) in [4.78, 5) is 93.8. The number of nitrogens with one attached hydrogen (secondary N) is 2. The highest BCUT2D eigenvalue weighted by atomic mass is 31.0. The number of hydrogen-bond donors (Lipinski definition) is 3. The highest BCUT2D eigenvalue weighted by molar-refractivity contribution is 7.13. The Balaban J connectivity index is 0.000000254. The minimum atomic E-state index is -0.963. The quantitative estimate of drug-likeness (QED) is 0.0707. The molecule has 0 spiro atoms. The molecule has 9 aliphatic rings. The van der Waals surface area contributed by atoms with Crippen molar-refractivity contribution in [3.8, 4) is 0 Å². The highest BCUT2D eigenvalue weighted by Crippen LogP contribution is 2.38. The number of rotatable bonds is 6. The smallest absolute Gasteiger partial charge is 0.338 e. The second kappa shape index (κ2) is 42.2. The maximum Gasteiger partial charge on any atom is 0.338 e. The number of ketones is 1. The molecule has 4 aromatic rings. The summed E-state index contributed by atoms with van der Waals surface area (Å²) in [6.45, 7) is 38.0. The molecule has 18 nitrogen and oxygen atoms in total. The van der Waals surface area contributed by atoms with Gasteiger partial charge in [0.15, 0.2) is 5.78 Å². The molecule has 0 bridgehead atoms. The third-order valence-electron chi connectivity index (χ3n) is 19.0. The third kappa shape index (κ3) is 24.5. The number of carbonyl (C=O) groups is 8. The van der Waals surface area contributed by atoms with E-state index in [1.165, 1.54) is 79.4 Å². The summed E-state index contributed by atoms with van der Waals surface area (Å²) in [5.41, 5.74) is 16.2. The molecule has 0 saturated carbocycles. The number of nitrogens with zero attached hydrogens (tertiary/aromatic N) is 5. The second-order valence-electron chi connectivity index (χ2n) is 26.0. The Morgan fingerprint density at radius 1 is 0.531 bits per heavy atom. The number of nitrogens with two attached hydrogens (primary N) is 1. The summed E-state index contributed by atoms with van der Waals surface area (Å²) in [5.74, 6) is 1.24. The molecule has 4 N–H and O–H groups in total. The van der Waals surface area contributed by atoms with Crippen LogP contribution in [-0.4, -0.2) is 134 Å². The lowest BCUT2D eigenvalue weighted by Crippen LogP contribution is -2.61. The molecule has 5 amide bonds. The van der Waals surface area contributed by atoms with Gasteiger partial charge in [-0.2, -0.15) is 0 Å². The predicted molar refractivity (Wildman–Crippen MR) is 409 cm³/mol. The fourth-order valence-corrected chi connectivity index (χ4v) is 14.0. The van der Waals surface area contributed by atoms with Crippen LogP contribution in [0.5, 0.6) is 0 Å². The van der Waals surface area contributed by atoms with Crippen LogP contribution in [0.4, 0.5) is 0 Å². The van der Waals surface area contributed by atoms with Crippen molar-refractivity contribution in [3.05, 3.63) is 140 Å². The molecular weight excluding hydrogens is 1310 g/mol. The fourth-order valence-electron chi connectivity index (χ4n) is 12.8. The predicted octanol–water partition coefficient (Wildman–Crippen LogP) is 14.0. The maximum atomic E-state index is 12.9. The molecular formula is C76H118N8O10P4. The zero-order valence-electron chi connectivity index (χ0n) is 61.4. The minimum Gasteiger partial charge on any atom is -0.457 e. The first-order valence-corrected chi connectivity index (χ1v) is 38.0. The van der Waals surface area contributed by atoms with Gasteiger partial charge in [-0.05, 0) is 168 Å². The fraction of sp³-hybridized carbons (Fsp3) is 0.579. The van der Waals surface area contributed by atoms with Gasteiger partial charge in [-0.15, -0.1) is 0 Å². The van der Waals surface area contributed by atoms with Crippen molar-refractivity contribution >= 4 is 84.8 Å². The number of Topliss-reactive ketones (excluding diaryl/α,β-unsaturated/α-hetero) is 1. The van der Waals surface area contributed by atoms with Gasteiger partial charge in [0.1, 0.15) is 18.8 Å². The zero-order chi connectivity index (χ0) is 73.0. The van der Waals surface area contributed by atoms with E-state index in [0.717, 1.165) is 97.8 Å². The average Bonchev–Trinajstić information content (AvgIpc) is 1.62. The number of piperidine rings is 6. The van der Waals surface area contributed by atoms with E-state index in [-0.39, 0.29) is 53.7 Å². The van der Waals surface area contributed by atoms with E-state index < -0.39 is 11.1 Å². The standard InChI is InChI=1S/C19H24N3O3P.C15H22NOP.C13H16NO2P.C9H8O2.C6H10N2O2.C6H14NP.4C2H6/c1-19(7-4-16(23)20-18(19)25)22-11-14-10-13(2-3-15(14)17(22)24)12-5-8-21(26)9-6-12;1-3-12-10-14(4-5-15(12)11(2)17)13-6-8-16(18)9-7-13;15-13-12-2-1-10(7-11(12)8-16-13)9-3-5-14(17)6-4-9;1-6-2-3-8-7(4-6)5-11-9(8)10;1-6(7)3-2-4(9)8-5(6)10;1-6-2-4-7(8)5-3-6;4*1-2/h2-3,10,12H,4-9,11,26H2,1H3,(H,20,23,25);4-5,10,13H,3,6-9,18H2,1-2H3;1-2,7,9H,3-6,8,17H2;2-4H,5H2,1H3;2-3,7H2,1H3,(H,8,9,10);6H,2-5,8H2,1H3;4*1-2H3. The number of ether oxygens (including phenoxy) is 2. The monoisotopic (exact) mass is 1430 g/mol. The molecule has 6 unspecified atom stereocenters. The van der Waals surface area contributed by atoms with Crippen LogP contribution in [0.2, 0.25) is 0 Å². The van der Waals surface area contributed by atoms with Crippen LogP contribution >= 0.6 is 37.6 Å². The van der Waals surface area contributed by atoms with Crippen molar-refractivity contribution < 1.29 is 47.8 Å². The average molecular weight is 1430 g/mol. The number of esters is 2. The molecule has 22 heteroatoms. The van der Waals surface area contributed by atoms with E-state index in [1.807, 2.05) is 98.7 Å². The van der Waals surface area contributed by atoms with Crippen molar-refractivity contribution in [1.82, 2.24) is 34.2 Å². The molecule has 13 rings (SSSR count). The molecule has 0 radical (unpaired) electrons. The molecule has 9 heterocycles. The highest BCUT2D eigenvalue weighted by Gasteiger charge is 2.48. The first kappa shape index (κ1) is 85.2. The van der Waals surface area contributed by atoms with Crippen LogP contribution in [0.1, 0.15) is 271 Å². The number of fused-ring (bicyclic) bond motifs is 3. The van der Waals surface area contributed by atoms with Gasteiger partial charge in [0.05, 0.1) is 16.7 Å². The molecule has 6 atom stereocenters. The van der Waals surface area contributed by atoms with E-state index in [1.54, 1.807) is 25.7 Å². The Bertz CT molecular complexity index is 3270. The van der Waals surface area contributed by atoms with Crippen LogP contribution in [-0.2, 0) is 54.8 Å². The molecule has 9 aliphatic heterocycles. The van der Waals surface area contributed by atoms with Crippen LogP contribution in [0.25, 0.3) is 0 Å². The SMILES string of the molecule is CC.CC.CC.CC.CC1(N)CCC(=O)NC1=O.CC1(N2Cc3cc(C4CCN(P)CC4)ccc3C2=O)CCC(=O)NC1=O.CC1CCN(P)CC1.CCc1cc(C2CCN(P)CC2)ccc1C(C)=O.Cc1ccc2c(c1)COC2=O.O=C1OCc2cc(C3CCN(P)CC3)ccc21. The van der Waals surface area contributed by atoms with Crippen LogP contribution in [0.3, 0.4) is 0 Å². The molecule has 6 fully saturated rings. The number of hydrogen-bond acceptors (Lipinski definition) is 15. The van der Waals surface area contributed by atoms with Gasteiger partial charge in [-0.3, -0.25) is 58.1 Å². The van der Waals surface area contributed by atoms with Crippen LogP contribution in [0.15, 0.2) is 72.8 Å². The lowest BCUT2D eigenvalue weighted by atomic mass is 9.87. The van der Waals surface area contributed by atoms with Gasteiger partial charge in [0.2, 0.25) is 17.7 Å². The van der Waals surface area contributed by atoms with E-state index in [2.05, 4.69) is 117 Å². The second-order valence-corrected chi connectivity index (χ2v) is 28.9. The summed E-state index contributed by atoms with van der Waals surface area (Å²) in [5, 5.41) is 4.55. The van der Waals surface area contributed by atoms with Gasteiger partial charge in [0.25, 0.3) is 11.8 Å². The molecule has 6 saturated heterocycles. The normalized spacial score (nSPS) is 21.8. The largest absolute Gasteiger partial charge is 0.457 e.